The van der Waals surface area contributed by atoms with Crippen LogP contribution in [0.5, 0.6) is 0 Å². The number of nitrogens with zero attached hydrogens (tertiary/aromatic N) is 5. The zero-order valence-electron chi connectivity index (χ0n) is 13.5. The number of hydrogen-bond donors (Lipinski definition) is 0. The van der Waals surface area contributed by atoms with E-state index in [4.69, 9.17) is 11.6 Å². The second-order valence-electron chi connectivity index (χ2n) is 5.42. The van der Waals surface area contributed by atoms with Crippen LogP contribution in [0.25, 0.3) is 10.2 Å². The molecule has 0 unspecified atom stereocenters. The molecule has 0 aliphatic carbocycles. The first kappa shape index (κ1) is 18.0. The predicted octanol–water partition coefficient (Wildman–Crippen LogP) is 3.48. The van der Waals surface area contributed by atoms with Crippen LogP contribution in [-0.2, 0) is 6.54 Å². The van der Waals surface area contributed by atoms with Crippen LogP contribution in [0.4, 0.5) is 5.82 Å². The molecule has 1 aromatic carbocycles. The molecular formula is C16H12ClN5O3S. The second-order valence-corrected chi connectivity index (χ2v) is 6.86. The summed E-state index contributed by atoms with van der Waals surface area (Å²) in [5.41, 5.74) is -0.204. The van der Waals surface area contributed by atoms with Crippen molar-refractivity contribution in [2.75, 3.05) is 0 Å². The first-order chi connectivity index (χ1) is 12.5. The fourth-order valence-corrected chi connectivity index (χ4v) is 3.86. The normalized spacial score (nSPS) is 12.0. The lowest BCUT2D eigenvalue weighted by molar-refractivity contribution is -0.391. The highest BCUT2D eigenvalue weighted by molar-refractivity contribution is 7.18. The highest BCUT2D eigenvalue weighted by Gasteiger charge is 2.34. The molecular weight excluding hydrogens is 378 g/mol. The molecule has 0 aliphatic heterocycles. The summed E-state index contributed by atoms with van der Waals surface area (Å²) in [6.45, 7) is 2.00. The predicted molar refractivity (Wildman–Crippen MR) is 97.5 cm³/mol. The molecule has 0 saturated carbocycles. The average Bonchev–Trinajstić information content (AvgIpc) is 3.05. The summed E-state index contributed by atoms with van der Waals surface area (Å²) in [4.78, 5) is 27.5. The molecule has 2 aromatic heterocycles. The quantitative estimate of drug-likeness (QED) is 0.487. The number of para-hydroxylation sites is 1. The van der Waals surface area contributed by atoms with E-state index in [9.17, 15) is 20.2 Å². The van der Waals surface area contributed by atoms with Crippen LogP contribution in [0.1, 0.15) is 29.8 Å². The minimum Gasteiger partial charge on any atom is -0.358 e. The Balaban J connectivity index is 2.25. The maximum absolute atomic E-state index is 12.4. The molecule has 132 valence electrons. The van der Waals surface area contributed by atoms with Gasteiger partial charge < -0.3 is 10.1 Å². The van der Waals surface area contributed by atoms with Crippen LogP contribution >= 0.6 is 22.9 Å². The largest absolute Gasteiger partial charge is 0.395 e. The number of fused-ring (bicyclic) bond motifs is 1. The van der Waals surface area contributed by atoms with Gasteiger partial charge in [-0.25, -0.2) is 4.98 Å². The van der Waals surface area contributed by atoms with Gasteiger partial charge in [-0.3, -0.25) is 4.79 Å². The SMILES string of the molecule is CCCn1nc([N+](=O)[O-])c([C@@H](C#N)c2nc3ccccc3s2)c(Cl)c1=O. The Morgan fingerprint density at radius 2 is 2.19 bits per heavy atom. The highest BCUT2D eigenvalue weighted by Crippen LogP contribution is 2.37. The van der Waals surface area contributed by atoms with Crippen molar-refractivity contribution in [2.24, 2.45) is 0 Å². The van der Waals surface area contributed by atoms with Crippen molar-refractivity contribution in [3.63, 3.8) is 0 Å². The van der Waals surface area contributed by atoms with E-state index in [1.807, 2.05) is 18.2 Å². The van der Waals surface area contributed by atoms with Crippen molar-refractivity contribution in [1.29, 1.82) is 5.26 Å². The van der Waals surface area contributed by atoms with Gasteiger partial charge in [-0.15, -0.1) is 16.0 Å². The summed E-state index contributed by atoms with van der Waals surface area (Å²) in [7, 11) is 0. The molecule has 0 radical (unpaired) electrons. The third-order valence-electron chi connectivity index (χ3n) is 3.70. The van der Waals surface area contributed by atoms with E-state index in [-0.39, 0.29) is 17.1 Å². The van der Waals surface area contributed by atoms with Gasteiger partial charge in [0.1, 0.15) is 21.5 Å². The molecule has 1 atom stereocenters. The van der Waals surface area contributed by atoms with E-state index >= 15 is 0 Å². The van der Waals surface area contributed by atoms with Crippen molar-refractivity contribution < 1.29 is 4.92 Å². The number of hydrogen-bond acceptors (Lipinski definition) is 7. The molecule has 0 bridgehead atoms. The van der Waals surface area contributed by atoms with Gasteiger partial charge in [0, 0.05) is 0 Å². The van der Waals surface area contributed by atoms with Gasteiger partial charge in [-0.1, -0.05) is 30.7 Å². The third kappa shape index (κ3) is 3.05. The number of thiazole rings is 1. The van der Waals surface area contributed by atoms with E-state index < -0.39 is 22.2 Å². The molecule has 8 nitrogen and oxygen atoms in total. The minimum atomic E-state index is -1.16. The molecule has 0 aliphatic rings. The standard InChI is InChI=1S/C16H12ClN5O3S/c1-2-7-21-16(23)13(17)12(14(20-21)22(24)25)9(8-18)15-19-10-5-3-4-6-11(10)26-15/h3-6,9H,2,7H2,1H3/t9-/m1/s1. The number of halogens is 1. The van der Waals surface area contributed by atoms with Gasteiger partial charge in [-0.05, 0) is 23.5 Å². The van der Waals surface area contributed by atoms with Crippen LogP contribution in [0.15, 0.2) is 29.1 Å². The van der Waals surface area contributed by atoms with E-state index in [1.54, 1.807) is 19.1 Å². The van der Waals surface area contributed by atoms with Gasteiger partial charge >= 0.3 is 11.4 Å². The highest BCUT2D eigenvalue weighted by atomic mass is 35.5. The maximum Gasteiger partial charge on any atom is 0.395 e. The second kappa shape index (κ2) is 7.19. The number of aryl methyl sites for hydroxylation is 1. The maximum atomic E-state index is 12.4. The monoisotopic (exact) mass is 389 g/mol. The molecule has 0 amide bonds. The lowest BCUT2D eigenvalue weighted by Crippen LogP contribution is -2.27. The van der Waals surface area contributed by atoms with Gasteiger partial charge in [0.2, 0.25) is 0 Å². The summed E-state index contributed by atoms with van der Waals surface area (Å²) < 4.78 is 1.78. The topological polar surface area (TPSA) is 115 Å². The number of nitriles is 1. The van der Waals surface area contributed by atoms with Gasteiger partial charge in [0.25, 0.3) is 0 Å². The molecule has 26 heavy (non-hydrogen) atoms. The van der Waals surface area contributed by atoms with E-state index in [0.717, 1.165) is 9.38 Å². The first-order valence-electron chi connectivity index (χ1n) is 7.67. The van der Waals surface area contributed by atoms with Crippen LogP contribution < -0.4 is 5.56 Å². The average molecular weight is 390 g/mol. The summed E-state index contributed by atoms with van der Waals surface area (Å²) >= 11 is 7.38. The van der Waals surface area contributed by atoms with Gasteiger partial charge in [0.05, 0.1) is 27.9 Å². The molecule has 2 heterocycles. The molecule has 0 N–H and O–H groups in total. The smallest absolute Gasteiger partial charge is 0.358 e. The van der Waals surface area contributed by atoms with E-state index in [2.05, 4.69) is 10.1 Å². The molecule has 3 aromatic rings. The van der Waals surface area contributed by atoms with Crippen LogP contribution in [0.3, 0.4) is 0 Å². The van der Waals surface area contributed by atoms with Crippen LogP contribution in [0, 0.1) is 21.4 Å². The van der Waals surface area contributed by atoms with Crippen molar-refractivity contribution in [2.45, 2.75) is 25.8 Å². The van der Waals surface area contributed by atoms with Crippen LogP contribution in [-0.4, -0.2) is 19.7 Å². The summed E-state index contributed by atoms with van der Waals surface area (Å²) in [6.07, 6.45) is 0.555. The Morgan fingerprint density at radius 3 is 2.81 bits per heavy atom. The molecule has 0 fully saturated rings. The first-order valence-corrected chi connectivity index (χ1v) is 8.87. The number of aromatic nitrogens is 3. The number of rotatable bonds is 5. The van der Waals surface area contributed by atoms with E-state index in [0.29, 0.717) is 16.9 Å². The molecule has 0 spiro atoms. The molecule has 0 saturated heterocycles. The van der Waals surface area contributed by atoms with Gasteiger partial charge in [-0.2, -0.15) is 5.26 Å². The van der Waals surface area contributed by atoms with Crippen molar-refractivity contribution in [1.82, 2.24) is 14.8 Å². The number of benzene rings is 1. The Bertz CT molecular complexity index is 1070. The lowest BCUT2D eigenvalue weighted by Gasteiger charge is -2.09. The summed E-state index contributed by atoms with van der Waals surface area (Å²) in [5, 5.41) is 24.9. The minimum absolute atomic E-state index is 0.192. The molecule has 10 heteroatoms. The summed E-state index contributed by atoms with van der Waals surface area (Å²) in [6, 6.07) is 9.22. The zero-order valence-corrected chi connectivity index (χ0v) is 15.1. The Labute approximate surface area is 156 Å². The lowest BCUT2D eigenvalue weighted by atomic mass is 10.0. The Morgan fingerprint density at radius 1 is 1.46 bits per heavy atom. The fourth-order valence-electron chi connectivity index (χ4n) is 2.55. The fraction of sp³-hybridized carbons (Fsp3) is 0.250. The van der Waals surface area contributed by atoms with Crippen molar-refractivity contribution in [3.8, 4) is 6.07 Å². The summed E-state index contributed by atoms with van der Waals surface area (Å²) in [5.74, 6) is -1.76. The van der Waals surface area contributed by atoms with E-state index in [1.165, 1.54) is 11.3 Å². The zero-order chi connectivity index (χ0) is 18.8. The number of nitro groups is 1. The Kier molecular flexibility index (Phi) is 4.97. The third-order valence-corrected chi connectivity index (χ3v) is 5.17. The molecule has 3 rings (SSSR count). The van der Waals surface area contributed by atoms with Gasteiger partial charge in [0.15, 0.2) is 0 Å². The Hall–Kier alpha value is -2.83. The van der Waals surface area contributed by atoms with Crippen LogP contribution in [0.2, 0.25) is 5.02 Å². The van der Waals surface area contributed by atoms with Crippen molar-refractivity contribution >= 4 is 39.0 Å². The van der Waals surface area contributed by atoms with Crippen molar-refractivity contribution in [3.05, 3.63) is 60.3 Å².